The van der Waals surface area contributed by atoms with Crippen molar-refractivity contribution in [3.05, 3.63) is 0 Å². The van der Waals surface area contributed by atoms with E-state index in [0.717, 1.165) is 44.9 Å². The smallest absolute Gasteiger partial charge is 0.308 e. The van der Waals surface area contributed by atoms with Gasteiger partial charge in [-0.05, 0) is 25.7 Å². The van der Waals surface area contributed by atoms with Crippen LogP contribution in [0.4, 0.5) is 0 Å². The van der Waals surface area contributed by atoms with E-state index in [1.807, 2.05) is 13.8 Å². The molecule has 0 aromatic rings. The highest BCUT2D eigenvalue weighted by Crippen LogP contribution is 2.73. The lowest BCUT2D eigenvalue weighted by Gasteiger charge is -2.40. The molecule has 0 aromatic heterocycles. The number of esters is 1. The fourth-order valence-electron chi connectivity index (χ4n) is 8.21. The molecule has 3 spiro atoms. The molecule has 28 heavy (non-hydrogen) atoms. The average Bonchev–Trinajstić information content (AvgIpc) is 3.20. The van der Waals surface area contributed by atoms with E-state index in [1.54, 1.807) is 0 Å². The second kappa shape index (κ2) is 5.19. The van der Waals surface area contributed by atoms with Crippen molar-refractivity contribution in [2.24, 2.45) is 29.1 Å². The molecule has 0 radical (unpaired) electrons. The molecule has 0 aromatic carbocycles. The summed E-state index contributed by atoms with van der Waals surface area (Å²) in [7, 11) is 0. The summed E-state index contributed by atoms with van der Waals surface area (Å²) in [5.41, 5.74) is -1.03. The highest BCUT2D eigenvalue weighted by Gasteiger charge is 2.84. The van der Waals surface area contributed by atoms with Crippen LogP contribution in [0.1, 0.15) is 71.6 Å². The van der Waals surface area contributed by atoms with Gasteiger partial charge in [0, 0.05) is 35.5 Å². The maximum Gasteiger partial charge on any atom is 0.308 e. The Balaban J connectivity index is 1.55. The summed E-state index contributed by atoms with van der Waals surface area (Å²) in [6, 6.07) is 0. The van der Waals surface area contributed by atoms with Gasteiger partial charge in [-0.2, -0.15) is 0 Å². The van der Waals surface area contributed by atoms with Crippen LogP contribution in [0.25, 0.3) is 0 Å². The highest BCUT2D eigenvalue weighted by atomic mass is 16.8. The van der Waals surface area contributed by atoms with Gasteiger partial charge in [0.05, 0.1) is 12.0 Å². The number of ketones is 1. The van der Waals surface area contributed by atoms with Crippen molar-refractivity contribution < 1.29 is 28.9 Å². The van der Waals surface area contributed by atoms with Crippen molar-refractivity contribution in [3.63, 3.8) is 0 Å². The third kappa shape index (κ3) is 1.78. The summed E-state index contributed by atoms with van der Waals surface area (Å²) < 4.78 is 19.3. The van der Waals surface area contributed by atoms with Gasteiger partial charge in [-0.1, -0.05) is 33.1 Å². The number of carbonyl (C=O) groups is 2. The molecule has 154 valence electrons. The Morgan fingerprint density at radius 1 is 1.04 bits per heavy atom. The van der Waals surface area contributed by atoms with E-state index in [2.05, 4.69) is 0 Å². The van der Waals surface area contributed by atoms with Gasteiger partial charge in [0.15, 0.2) is 0 Å². The first-order chi connectivity index (χ1) is 13.3. The monoisotopic (exact) mass is 390 g/mol. The minimum Gasteiger partial charge on any atom is -0.433 e. The van der Waals surface area contributed by atoms with Crippen LogP contribution in [-0.4, -0.2) is 40.1 Å². The van der Waals surface area contributed by atoms with Crippen LogP contribution >= 0.6 is 0 Å². The molecule has 6 heteroatoms. The minimum atomic E-state index is -1.23. The number of aliphatic hydroxyl groups is 1. The van der Waals surface area contributed by atoms with Crippen LogP contribution in [0.2, 0.25) is 0 Å². The molecule has 2 bridgehead atoms. The van der Waals surface area contributed by atoms with E-state index < -0.39 is 28.7 Å². The number of Topliss-reactive ketones (excluding diaryl/α,β-unsaturated/α-hetero) is 1. The number of carbonyl (C=O) groups excluding carboxylic acids is 2. The molecule has 0 unspecified atom stereocenters. The number of ether oxygens (including phenoxy) is 3. The van der Waals surface area contributed by atoms with Crippen LogP contribution in [-0.2, 0) is 23.8 Å². The van der Waals surface area contributed by atoms with E-state index in [9.17, 15) is 14.7 Å². The second-order valence-electron chi connectivity index (χ2n) is 10.5. The second-order valence-corrected chi connectivity index (χ2v) is 10.5. The first kappa shape index (κ1) is 17.8. The molecule has 9 atom stereocenters. The molecular weight excluding hydrogens is 360 g/mol. The first-order valence-electron chi connectivity index (χ1n) is 11.1. The molecule has 6 aliphatic rings. The number of hydrogen-bond acceptors (Lipinski definition) is 6. The quantitative estimate of drug-likeness (QED) is 0.641. The number of aliphatic hydroxyl groups excluding tert-OH is 1. The Kier molecular flexibility index (Phi) is 3.31. The van der Waals surface area contributed by atoms with Gasteiger partial charge in [-0.3, -0.25) is 9.59 Å². The summed E-state index contributed by atoms with van der Waals surface area (Å²) in [6.45, 7) is 3.98. The number of fused-ring (bicyclic) bond motifs is 1. The van der Waals surface area contributed by atoms with Crippen LogP contribution in [0.3, 0.4) is 0 Å². The van der Waals surface area contributed by atoms with Gasteiger partial charge >= 0.3 is 5.97 Å². The third-order valence-corrected chi connectivity index (χ3v) is 9.31. The number of hydrogen-bond donors (Lipinski definition) is 1. The van der Waals surface area contributed by atoms with Crippen molar-refractivity contribution >= 4 is 11.8 Å². The predicted octanol–water partition coefficient (Wildman–Crippen LogP) is 2.71. The average molecular weight is 390 g/mol. The summed E-state index contributed by atoms with van der Waals surface area (Å²) >= 11 is 0. The lowest BCUT2D eigenvalue weighted by Crippen LogP contribution is -2.53. The maximum absolute atomic E-state index is 13.5. The van der Waals surface area contributed by atoms with E-state index in [4.69, 9.17) is 14.2 Å². The van der Waals surface area contributed by atoms with Crippen molar-refractivity contribution in [1.82, 2.24) is 0 Å². The highest BCUT2D eigenvalue weighted by molar-refractivity contribution is 5.90. The first-order valence-corrected chi connectivity index (χ1v) is 11.1. The molecule has 6 nitrogen and oxygen atoms in total. The maximum atomic E-state index is 13.5. The van der Waals surface area contributed by atoms with E-state index in [1.165, 1.54) is 0 Å². The molecule has 4 saturated heterocycles. The van der Waals surface area contributed by atoms with Crippen LogP contribution in [0, 0.1) is 29.1 Å². The minimum absolute atomic E-state index is 0.0264. The molecule has 6 fully saturated rings. The Hall–Kier alpha value is -0.980. The Morgan fingerprint density at radius 2 is 1.86 bits per heavy atom. The normalized spacial score (nSPS) is 59.8. The lowest BCUT2D eigenvalue weighted by molar-refractivity contribution is -0.337. The summed E-state index contributed by atoms with van der Waals surface area (Å²) in [5, 5.41) is 11.7. The van der Waals surface area contributed by atoms with Crippen molar-refractivity contribution in [2.75, 3.05) is 0 Å². The van der Waals surface area contributed by atoms with Crippen molar-refractivity contribution in [2.45, 2.75) is 94.9 Å². The molecule has 6 rings (SSSR count). The molecule has 2 aliphatic carbocycles. The molecular formula is C22H30O6. The zero-order chi connectivity index (χ0) is 19.5. The summed E-state index contributed by atoms with van der Waals surface area (Å²) in [6.07, 6.45) is 6.66. The molecule has 4 aliphatic heterocycles. The van der Waals surface area contributed by atoms with Gasteiger partial charge in [-0.15, -0.1) is 0 Å². The topological polar surface area (TPSA) is 82.1 Å². The predicted molar refractivity (Wildman–Crippen MR) is 96.8 cm³/mol. The Morgan fingerprint density at radius 3 is 2.61 bits per heavy atom. The Labute approximate surface area is 165 Å². The zero-order valence-corrected chi connectivity index (χ0v) is 16.7. The van der Waals surface area contributed by atoms with E-state index >= 15 is 0 Å². The van der Waals surface area contributed by atoms with Crippen molar-refractivity contribution in [3.8, 4) is 0 Å². The third-order valence-electron chi connectivity index (χ3n) is 9.31. The van der Waals surface area contributed by atoms with Crippen LogP contribution in [0.15, 0.2) is 0 Å². The van der Waals surface area contributed by atoms with Gasteiger partial charge < -0.3 is 19.3 Å². The fourth-order valence-corrected chi connectivity index (χ4v) is 8.21. The van der Waals surface area contributed by atoms with Gasteiger partial charge in [-0.25, -0.2) is 0 Å². The van der Waals surface area contributed by atoms with Gasteiger partial charge in [0.1, 0.15) is 11.9 Å². The molecule has 0 amide bonds. The summed E-state index contributed by atoms with van der Waals surface area (Å²) in [4.78, 5) is 25.6. The molecule has 1 N–H and O–H groups in total. The standard InChI is InChI=1S/C22H30O6/c1-12-15-16-19(2,17(12)24)10-11-20-8-5-3-4-6-13(20)18(25)22(16,27-20)28-21(15)9-7-14(23)26-21/h12-13,15-16,18,25H,3-11H2,1-2H3/t12-,13-,15-,16-,18-,19-,20+,21-,22+/m0/s1. The van der Waals surface area contributed by atoms with E-state index in [0.29, 0.717) is 12.8 Å². The zero-order valence-electron chi connectivity index (χ0n) is 16.7. The van der Waals surface area contributed by atoms with Crippen LogP contribution in [0.5, 0.6) is 0 Å². The fraction of sp³-hybridized carbons (Fsp3) is 0.909. The van der Waals surface area contributed by atoms with Crippen molar-refractivity contribution in [1.29, 1.82) is 0 Å². The summed E-state index contributed by atoms with van der Waals surface area (Å²) in [5.74, 6) is -3.18. The largest absolute Gasteiger partial charge is 0.433 e. The molecule has 4 heterocycles. The Bertz CT molecular complexity index is 766. The van der Waals surface area contributed by atoms with Gasteiger partial charge in [0.2, 0.25) is 11.6 Å². The molecule has 2 saturated carbocycles. The number of rotatable bonds is 0. The van der Waals surface area contributed by atoms with E-state index in [-0.39, 0.29) is 35.4 Å². The SMILES string of the molecule is C[C@@H]1C(=O)[C@@]2(C)CC[C@]34CCCCC[C@H]3[C@H](O)[C@]3(O4)O[C@@]4(CCC(=O)O4)[C@@H]1[C@H]32. The van der Waals surface area contributed by atoms with Gasteiger partial charge in [0.25, 0.3) is 0 Å². The lowest BCUT2D eigenvalue weighted by atomic mass is 9.63. The van der Waals surface area contributed by atoms with Crippen LogP contribution < -0.4 is 0 Å².